The maximum absolute atomic E-state index is 12.0. The van der Waals surface area contributed by atoms with Crippen molar-refractivity contribution in [3.63, 3.8) is 0 Å². The van der Waals surface area contributed by atoms with Crippen LogP contribution in [-0.4, -0.2) is 26.3 Å². The number of rotatable bonds is 4. The lowest BCUT2D eigenvalue weighted by Gasteiger charge is -2.04. The van der Waals surface area contributed by atoms with Gasteiger partial charge in [-0.2, -0.15) is 0 Å². The van der Waals surface area contributed by atoms with Gasteiger partial charge in [0.05, 0.1) is 0 Å². The number of ketones is 1. The molecule has 26 heavy (non-hydrogen) atoms. The van der Waals surface area contributed by atoms with E-state index in [0.29, 0.717) is 17.9 Å². The van der Waals surface area contributed by atoms with Crippen LogP contribution < -0.4 is 0 Å². The van der Waals surface area contributed by atoms with Gasteiger partial charge in [-0.05, 0) is 30.2 Å². The van der Waals surface area contributed by atoms with Crippen molar-refractivity contribution in [3.8, 4) is 11.8 Å². The summed E-state index contributed by atoms with van der Waals surface area (Å²) in [6, 6.07) is 16.7. The van der Waals surface area contributed by atoms with E-state index in [1.807, 2.05) is 30.3 Å². The lowest BCUT2D eigenvalue weighted by molar-refractivity contribution is -0.469. The number of Topliss-reactive ketones (excluding diaryl/α,β-unsaturated/α-hetero) is 1. The number of hydrogen-bond acceptors (Lipinski definition) is 3. The van der Waals surface area contributed by atoms with Crippen molar-refractivity contribution in [1.29, 1.82) is 0 Å². The van der Waals surface area contributed by atoms with Crippen LogP contribution in [0.5, 0.6) is 0 Å². The first-order chi connectivity index (χ1) is 12.6. The molecule has 1 heterocycles. The second kappa shape index (κ2) is 7.95. The Morgan fingerprint density at radius 1 is 1.19 bits per heavy atom. The number of hydroxylamine groups is 1. The summed E-state index contributed by atoms with van der Waals surface area (Å²) in [6.07, 6.45) is 4.79. The SMILES string of the molecule is Cn1ccnc1C(=O)C#Cc1ccc(/C=[N+](\[O-])Cc2ccccc2)cc1. The van der Waals surface area contributed by atoms with Gasteiger partial charge in [0.1, 0.15) is 0 Å². The van der Waals surface area contributed by atoms with Crippen LogP contribution in [0.2, 0.25) is 0 Å². The first-order valence-electron chi connectivity index (χ1n) is 8.08. The lowest BCUT2D eigenvalue weighted by Crippen LogP contribution is -2.05. The third kappa shape index (κ3) is 4.46. The van der Waals surface area contributed by atoms with E-state index in [1.165, 1.54) is 6.21 Å². The maximum atomic E-state index is 12.0. The standard InChI is InChI=1S/C21H17N3O2/c1-23-14-13-22-21(23)20(25)12-11-17-7-9-19(10-8-17)16-24(26)15-18-5-3-2-4-6-18/h2-10,13-14,16H,15H2,1H3/b24-16-. The first-order valence-corrected chi connectivity index (χ1v) is 8.08. The second-order valence-corrected chi connectivity index (χ2v) is 5.75. The van der Waals surface area contributed by atoms with Crippen molar-refractivity contribution in [2.24, 2.45) is 7.05 Å². The van der Waals surface area contributed by atoms with Gasteiger partial charge < -0.3 is 9.77 Å². The number of imidazole rings is 1. The van der Waals surface area contributed by atoms with Crippen LogP contribution in [0.1, 0.15) is 27.3 Å². The summed E-state index contributed by atoms with van der Waals surface area (Å²) in [6.45, 7) is 0.292. The Morgan fingerprint density at radius 2 is 1.92 bits per heavy atom. The number of carbonyl (C=O) groups is 1. The summed E-state index contributed by atoms with van der Waals surface area (Å²) in [5.41, 5.74) is 2.43. The van der Waals surface area contributed by atoms with E-state index in [2.05, 4.69) is 16.8 Å². The van der Waals surface area contributed by atoms with Crippen LogP contribution in [0.3, 0.4) is 0 Å². The highest BCUT2D eigenvalue weighted by Gasteiger charge is 2.06. The fourth-order valence-corrected chi connectivity index (χ4v) is 2.40. The van der Waals surface area contributed by atoms with Crippen molar-refractivity contribution in [2.75, 3.05) is 0 Å². The largest absolute Gasteiger partial charge is 0.624 e. The zero-order valence-corrected chi connectivity index (χ0v) is 14.3. The third-order valence-corrected chi connectivity index (χ3v) is 3.73. The van der Waals surface area contributed by atoms with Crippen LogP contribution >= 0.6 is 0 Å². The van der Waals surface area contributed by atoms with Crippen molar-refractivity contribution in [1.82, 2.24) is 9.55 Å². The highest BCUT2D eigenvalue weighted by atomic mass is 16.5. The number of carbonyl (C=O) groups excluding carboxylic acids is 1. The predicted molar refractivity (Wildman–Crippen MR) is 99.8 cm³/mol. The van der Waals surface area contributed by atoms with E-state index >= 15 is 0 Å². The molecule has 128 valence electrons. The summed E-state index contributed by atoms with van der Waals surface area (Å²) < 4.78 is 2.52. The van der Waals surface area contributed by atoms with Gasteiger partial charge in [-0.1, -0.05) is 36.3 Å². The van der Waals surface area contributed by atoms with Gasteiger partial charge in [-0.3, -0.25) is 4.79 Å². The van der Waals surface area contributed by atoms with Gasteiger partial charge in [0, 0.05) is 36.1 Å². The van der Waals surface area contributed by atoms with E-state index in [1.54, 1.807) is 48.3 Å². The minimum atomic E-state index is -0.332. The zero-order chi connectivity index (χ0) is 18.4. The Bertz CT molecular complexity index is 991. The fourth-order valence-electron chi connectivity index (χ4n) is 2.40. The van der Waals surface area contributed by atoms with E-state index < -0.39 is 0 Å². The predicted octanol–water partition coefficient (Wildman–Crippen LogP) is 2.78. The summed E-state index contributed by atoms with van der Waals surface area (Å²) in [7, 11) is 1.75. The molecule has 5 nitrogen and oxygen atoms in total. The lowest BCUT2D eigenvalue weighted by atomic mass is 10.1. The number of nitrogens with zero attached hydrogens (tertiary/aromatic N) is 3. The Morgan fingerprint density at radius 3 is 2.58 bits per heavy atom. The van der Waals surface area contributed by atoms with Gasteiger partial charge in [0.15, 0.2) is 18.6 Å². The molecule has 0 N–H and O–H groups in total. The number of aromatic nitrogens is 2. The molecule has 0 aliphatic rings. The highest BCUT2D eigenvalue weighted by Crippen LogP contribution is 2.04. The average Bonchev–Trinajstić information content (AvgIpc) is 3.08. The van der Waals surface area contributed by atoms with E-state index in [9.17, 15) is 10.0 Å². The Hall–Kier alpha value is -3.65. The molecule has 0 fully saturated rings. The van der Waals surface area contributed by atoms with Crippen LogP contribution in [0.25, 0.3) is 0 Å². The van der Waals surface area contributed by atoms with Crippen molar-refractivity contribution < 1.29 is 9.53 Å². The minimum Gasteiger partial charge on any atom is -0.624 e. The normalized spacial score (nSPS) is 10.9. The molecule has 3 rings (SSSR count). The minimum absolute atomic E-state index is 0.292. The van der Waals surface area contributed by atoms with Crippen LogP contribution in [0.15, 0.2) is 67.0 Å². The third-order valence-electron chi connectivity index (χ3n) is 3.73. The molecule has 0 saturated heterocycles. The molecule has 0 aliphatic carbocycles. The molecule has 0 saturated carbocycles. The quantitative estimate of drug-likeness (QED) is 0.183. The highest BCUT2D eigenvalue weighted by molar-refractivity contribution is 6.07. The van der Waals surface area contributed by atoms with Gasteiger partial charge in [-0.25, -0.2) is 9.72 Å². The first kappa shape index (κ1) is 17.2. The number of aryl methyl sites for hydroxylation is 1. The molecule has 0 unspecified atom stereocenters. The molecule has 0 bridgehead atoms. The number of benzene rings is 2. The van der Waals surface area contributed by atoms with Gasteiger partial charge in [0.2, 0.25) is 0 Å². The van der Waals surface area contributed by atoms with Gasteiger partial charge in [-0.15, -0.1) is 0 Å². The molecule has 0 amide bonds. The summed E-state index contributed by atoms with van der Waals surface area (Å²) >= 11 is 0. The molecule has 3 aromatic rings. The van der Waals surface area contributed by atoms with Crippen LogP contribution in [0, 0.1) is 17.0 Å². The maximum Gasteiger partial charge on any atom is 0.271 e. The smallest absolute Gasteiger partial charge is 0.271 e. The monoisotopic (exact) mass is 343 g/mol. The van der Waals surface area contributed by atoms with Crippen molar-refractivity contribution >= 4 is 12.0 Å². The molecular formula is C21H17N3O2. The summed E-state index contributed by atoms with van der Waals surface area (Å²) in [5, 5.41) is 12.0. The van der Waals surface area contributed by atoms with E-state index in [-0.39, 0.29) is 5.78 Å². The summed E-state index contributed by atoms with van der Waals surface area (Å²) in [4.78, 5) is 15.9. The molecule has 0 atom stereocenters. The van der Waals surface area contributed by atoms with Crippen LogP contribution in [-0.2, 0) is 13.6 Å². The van der Waals surface area contributed by atoms with Gasteiger partial charge in [0.25, 0.3) is 5.78 Å². The Balaban J connectivity index is 1.67. The molecule has 1 aromatic heterocycles. The van der Waals surface area contributed by atoms with Crippen molar-refractivity contribution in [3.05, 3.63) is 94.7 Å². The second-order valence-electron chi connectivity index (χ2n) is 5.75. The van der Waals surface area contributed by atoms with Crippen molar-refractivity contribution in [2.45, 2.75) is 6.54 Å². The molecule has 0 aliphatic heterocycles. The molecule has 2 aromatic carbocycles. The molecule has 5 heteroatoms. The average molecular weight is 343 g/mol. The van der Waals surface area contributed by atoms with E-state index in [4.69, 9.17) is 0 Å². The van der Waals surface area contributed by atoms with Gasteiger partial charge >= 0.3 is 0 Å². The Labute approximate surface area is 151 Å². The van der Waals surface area contributed by atoms with E-state index in [0.717, 1.165) is 15.9 Å². The van der Waals surface area contributed by atoms with Crippen LogP contribution in [0.4, 0.5) is 0 Å². The Kier molecular flexibility index (Phi) is 5.25. The molecule has 0 spiro atoms. The zero-order valence-electron chi connectivity index (χ0n) is 14.3. The number of hydrogen-bond donors (Lipinski definition) is 0. The molecule has 0 radical (unpaired) electrons. The molecular weight excluding hydrogens is 326 g/mol. The topological polar surface area (TPSA) is 61.0 Å². The summed E-state index contributed by atoms with van der Waals surface area (Å²) in [5.74, 6) is 5.38. The fraction of sp³-hybridized carbons (Fsp3) is 0.0952.